The van der Waals surface area contributed by atoms with E-state index in [-0.39, 0.29) is 24.3 Å². The number of esters is 2. The summed E-state index contributed by atoms with van der Waals surface area (Å²) in [5.74, 6) is -0.745. The molecule has 0 amide bonds. The predicted molar refractivity (Wildman–Crippen MR) is 78.9 cm³/mol. The Labute approximate surface area is 121 Å². The Kier molecular flexibility index (Phi) is 10.4. The number of rotatable bonds is 10. The summed E-state index contributed by atoms with van der Waals surface area (Å²) in [4.78, 5) is 22.9. The summed E-state index contributed by atoms with van der Waals surface area (Å²) in [5, 5.41) is 0. The van der Waals surface area contributed by atoms with Gasteiger partial charge in [-0.3, -0.25) is 4.79 Å². The molecule has 0 aliphatic carbocycles. The van der Waals surface area contributed by atoms with E-state index in [9.17, 15) is 9.59 Å². The van der Waals surface area contributed by atoms with Gasteiger partial charge >= 0.3 is 11.9 Å². The van der Waals surface area contributed by atoms with Gasteiger partial charge in [-0.05, 0) is 19.3 Å². The summed E-state index contributed by atoms with van der Waals surface area (Å²) >= 11 is 0. The molecule has 20 heavy (non-hydrogen) atoms. The van der Waals surface area contributed by atoms with Crippen LogP contribution in [0.15, 0.2) is 24.5 Å². The minimum absolute atomic E-state index is 0.0740. The second-order valence-electron chi connectivity index (χ2n) is 4.88. The van der Waals surface area contributed by atoms with Gasteiger partial charge in [-0.2, -0.15) is 0 Å². The molecule has 0 saturated carbocycles. The number of allylic oxidation sites excluding steroid dienone is 1. The van der Waals surface area contributed by atoms with Crippen molar-refractivity contribution in [2.24, 2.45) is 5.92 Å². The monoisotopic (exact) mass is 282 g/mol. The van der Waals surface area contributed by atoms with E-state index in [0.717, 1.165) is 31.9 Å². The molecule has 0 rings (SSSR count). The van der Waals surface area contributed by atoms with Gasteiger partial charge in [0.05, 0.1) is 19.3 Å². The molecule has 0 heterocycles. The lowest BCUT2D eigenvalue weighted by Gasteiger charge is -2.08. The van der Waals surface area contributed by atoms with Crippen LogP contribution in [0.5, 0.6) is 0 Å². The highest BCUT2D eigenvalue weighted by Gasteiger charge is 2.11. The SMILES string of the molecule is C=COC(=O)CC(C)C=C(C)C(=O)OCCCCCC. The quantitative estimate of drug-likeness (QED) is 0.265. The Balaban J connectivity index is 4.04. The fourth-order valence-electron chi connectivity index (χ4n) is 1.77. The van der Waals surface area contributed by atoms with Gasteiger partial charge in [0, 0.05) is 5.57 Å². The van der Waals surface area contributed by atoms with E-state index in [0.29, 0.717) is 12.2 Å². The molecule has 0 aromatic carbocycles. The maximum Gasteiger partial charge on any atom is 0.333 e. The number of unbranched alkanes of at least 4 members (excludes halogenated alkanes) is 3. The van der Waals surface area contributed by atoms with Crippen LogP contribution in [0.1, 0.15) is 52.9 Å². The molecule has 0 bridgehead atoms. The molecule has 0 radical (unpaired) electrons. The van der Waals surface area contributed by atoms with Crippen molar-refractivity contribution in [1.82, 2.24) is 0 Å². The van der Waals surface area contributed by atoms with Crippen molar-refractivity contribution < 1.29 is 19.1 Å². The van der Waals surface area contributed by atoms with Crippen LogP contribution in [0.4, 0.5) is 0 Å². The van der Waals surface area contributed by atoms with Gasteiger partial charge in [0.2, 0.25) is 0 Å². The molecular weight excluding hydrogens is 256 g/mol. The van der Waals surface area contributed by atoms with Crippen molar-refractivity contribution in [3.05, 3.63) is 24.5 Å². The predicted octanol–water partition coefficient (Wildman–Crippen LogP) is 3.77. The molecule has 4 heteroatoms. The van der Waals surface area contributed by atoms with E-state index in [1.165, 1.54) is 0 Å². The minimum Gasteiger partial charge on any atom is -0.462 e. The van der Waals surface area contributed by atoms with Crippen molar-refractivity contribution in [2.45, 2.75) is 52.9 Å². The Morgan fingerprint density at radius 3 is 2.55 bits per heavy atom. The van der Waals surface area contributed by atoms with Crippen LogP contribution in [-0.4, -0.2) is 18.5 Å². The van der Waals surface area contributed by atoms with Crippen LogP contribution in [0.2, 0.25) is 0 Å². The zero-order chi connectivity index (χ0) is 15.4. The third-order valence-corrected chi connectivity index (χ3v) is 2.79. The van der Waals surface area contributed by atoms with Crippen LogP contribution >= 0.6 is 0 Å². The first-order valence-corrected chi connectivity index (χ1v) is 7.17. The summed E-state index contributed by atoms with van der Waals surface area (Å²) in [6, 6.07) is 0. The van der Waals surface area contributed by atoms with E-state index in [2.05, 4.69) is 18.2 Å². The fourth-order valence-corrected chi connectivity index (χ4v) is 1.77. The molecule has 4 nitrogen and oxygen atoms in total. The maximum absolute atomic E-state index is 11.7. The molecule has 0 spiro atoms. The molecule has 1 unspecified atom stereocenters. The van der Waals surface area contributed by atoms with Crippen molar-refractivity contribution in [3.63, 3.8) is 0 Å². The summed E-state index contributed by atoms with van der Waals surface area (Å²) < 4.78 is 9.80. The molecular formula is C16H26O4. The van der Waals surface area contributed by atoms with Crippen LogP contribution in [0.25, 0.3) is 0 Å². The average molecular weight is 282 g/mol. The van der Waals surface area contributed by atoms with Gasteiger partial charge in [-0.1, -0.05) is 45.8 Å². The van der Waals surface area contributed by atoms with Crippen LogP contribution in [-0.2, 0) is 19.1 Å². The number of ether oxygens (including phenoxy) is 2. The smallest absolute Gasteiger partial charge is 0.333 e. The summed E-state index contributed by atoms with van der Waals surface area (Å²) in [6.07, 6.45) is 7.35. The summed E-state index contributed by atoms with van der Waals surface area (Å²) in [5.41, 5.74) is 0.527. The fraction of sp³-hybridized carbons (Fsp3) is 0.625. The number of carbonyl (C=O) groups is 2. The van der Waals surface area contributed by atoms with E-state index >= 15 is 0 Å². The van der Waals surface area contributed by atoms with Gasteiger partial charge in [-0.15, -0.1) is 0 Å². The van der Waals surface area contributed by atoms with Crippen molar-refractivity contribution >= 4 is 11.9 Å². The second kappa shape index (κ2) is 11.3. The molecule has 0 aliphatic rings. The summed E-state index contributed by atoms with van der Waals surface area (Å²) in [6.45, 7) is 9.46. The number of hydrogen-bond acceptors (Lipinski definition) is 4. The first-order chi connectivity index (χ1) is 9.51. The third kappa shape index (κ3) is 9.36. The Morgan fingerprint density at radius 2 is 1.95 bits per heavy atom. The Morgan fingerprint density at radius 1 is 1.25 bits per heavy atom. The Bertz CT molecular complexity index is 344. The van der Waals surface area contributed by atoms with E-state index in [4.69, 9.17) is 4.74 Å². The zero-order valence-electron chi connectivity index (χ0n) is 12.8. The normalized spacial score (nSPS) is 12.7. The second-order valence-corrected chi connectivity index (χ2v) is 4.88. The highest BCUT2D eigenvalue weighted by Crippen LogP contribution is 2.10. The topological polar surface area (TPSA) is 52.6 Å². The maximum atomic E-state index is 11.7. The van der Waals surface area contributed by atoms with Gasteiger partial charge in [0.1, 0.15) is 0 Å². The molecule has 0 fully saturated rings. The van der Waals surface area contributed by atoms with Crippen molar-refractivity contribution in [1.29, 1.82) is 0 Å². The molecule has 0 aromatic rings. The molecule has 1 atom stereocenters. The highest BCUT2D eigenvalue weighted by atomic mass is 16.5. The van der Waals surface area contributed by atoms with Crippen molar-refractivity contribution in [3.8, 4) is 0 Å². The van der Waals surface area contributed by atoms with Gasteiger partial charge in [-0.25, -0.2) is 4.79 Å². The average Bonchev–Trinajstić information content (AvgIpc) is 2.38. The highest BCUT2D eigenvalue weighted by molar-refractivity contribution is 5.87. The lowest BCUT2D eigenvalue weighted by Crippen LogP contribution is -2.10. The largest absolute Gasteiger partial charge is 0.462 e. The Hall–Kier alpha value is -1.58. The molecule has 114 valence electrons. The van der Waals surface area contributed by atoms with Crippen LogP contribution in [0, 0.1) is 5.92 Å². The van der Waals surface area contributed by atoms with Crippen LogP contribution in [0.3, 0.4) is 0 Å². The van der Waals surface area contributed by atoms with E-state index in [1.54, 1.807) is 13.0 Å². The number of carbonyl (C=O) groups excluding carboxylic acids is 2. The first-order valence-electron chi connectivity index (χ1n) is 7.17. The molecule has 0 N–H and O–H groups in total. The van der Waals surface area contributed by atoms with Crippen LogP contribution < -0.4 is 0 Å². The number of hydrogen-bond donors (Lipinski definition) is 0. The zero-order valence-corrected chi connectivity index (χ0v) is 12.8. The van der Waals surface area contributed by atoms with E-state index < -0.39 is 0 Å². The first kappa shape index (κ1) is 18.4. The van der Waals surface area contributed by atoms with Gasteiger partial charge in [0.15, 0.2) is 0 Å². The third-order valence-electron chi connectivity index (χ3n) is 2.79. The van der Waals surface area contributed by atoms with Crippen molar-refractivity contribution in [2.75, 3.05) is 6.61 Å². The van der Waals surface area contributed by atoms with E-state index in [1.807, 2.05) is 6.92 Å². The molecule has 0 aliphatic heterocycles. The van der Waals surface area contributed by atoms with Gasteiger partial charge < -0.3 is 9.47 Å². The standard InChI is InChI=1S/C16H26O4/c1-5-7-8-9-10-20-16(18)14(4)11-13(3)12-15(17)19-6-2/h6,11,13H,2,5,7-10,12H2,1,3-4H3. The minimum atomic E-state index is -0.357. The molecule has 0 saturated heterocycles. The lowest BCUT2D eigenvalue weighted by molar-refractivity contribution is -0.140. The van der Waals surface area contributed by atoms with Gasteiger partial charge in [0.25, 0.3) is 0 Å². The summed E-state index contributed by atoms with van der Waals surface area (Å²) in [7, 11) is 0. The lowest BCUT2D eigenvalue weighted by atomic mass is 10.0. The molecule has 0 aromatic heterocycles.